The van der Waals surface area contributed by atoms with Crippen molar-refractivity contribution in [3.8, 4) is 0 Å². The van der Waals surface area contributed by atoms with Gasteiger partial charge < -0.3 is 14.6 Å². The second-order valence-corrected chi connectivity index (χ2v) is 4.91. The Labute approximate surface area is 95.2 Å². The minimum atomic E-state index is -1.36. The van der Waals surface area contributed by atoms with E-state index >= 15 is 0 Å². The van der Waals surface area contributed by atoms with Crippen LogP contribution in [0.2, 0.25) is 0 Å². The highest BCUT2D eigenvalue weighted by Crippen LogP contribution is 2.44. The number of ether oxygens (including phenoxy) is 2. The van der Waals surface area contributed by atoms with Crippen LogP contribution in [0.15, 0.2) is 12.2 Å². The Morgan fingerprint density at radius 3 is 2.88 bits per heavy atom. The first-order chi connectivity index (χ1) is 7.42. The molecule has 1 aliphatic heterocycles. The highest BCUT2D eigenvalue weighted by molar-refractivity contribution is 5.87. The van der Waals surface area contributed by atoms with Gasteiger partial charge in [-0.05, 0) is 26.7 Å². The third-order valence-corrected chi connectivity index (χ3v) is 3.39. The van der Waals surface area contributed by atoms with E-state index in [2.05, 4.69) is 6.58 Å². The number of hydrogen-bond acceptors (Lipinski definition) is 4. The van der Waals surface area contributed by atoms with Crippen molar-refractivity contribution in [3.63, 3.8) is 0 Å². The Kier molecular flexibility index (Phi) is 2.80. The minimum absolute atomic E-state index is 0.0259. The molecule has 4 nitrogen and oxygen atoms in total. The fourth-order valence-corrected chi connectivity index (χ4v) is 2.63. The summed E-state index contributed by atoms with van der Waals surface area (Å²) in [6.07, 6.45) is 2.39. The maximum Gasteiger partial charge on any atom is 0.333 e. The molecule has 4 unspecified atom stereocenters. The summed E-state index contributed by atoms with van der Waals surface area (Å²) in [6.45, 7) is 6.69. The molecule has 16 heavy (non-hydrogen) atoms. The van der Waals surface area contributed by atoms with Gasteiger partial charge in [-0.3, -0.25) is 0 Å². The van der Waals surface area contributed by atoms with Crippen LogP contribution in [0.5, 0.6) is 0 Å². The molecule has 2 aliphatic rings. The zero-order valence-electron chi connectivity index (χ0n) is 9.73. The molecule has 0 radical (unpaired) electrons. The number of carbonyl (C=O) groups is 1. The molecule has 1 N–H and O–H groups in total. The van der Waals surface area contributed by atoms with Crippen LogP contribution in [0, 0.1) is 5.92 Å². The van der Waals surface area contributed by atoms with Crippen LogP contribution < -0.4 is 0 Å². The SMILES string of the molecule is C=C(C)C(=O)OC1C2CCCC2OC1(C)O. The van der Waals surface area contributed by atoms with E-state index in [9.17, 15) is 9.90 Å². The normalized spacial score (nSPS) is 41.8. The van der Waals surface area contributed by atoms with Crippen molar-refractivity contribution in [2.24, 2.45) is 5.92 Å². The minimum Gasteiger partial charge on any atom is -0.453 e. The van der Waals surface area contributed by atoms with E-state index in [1.165, 1.54) is 0 Å². The molecule has 1 saturated carbocycles. The van der Waals surface area contributed by atoms with Crippen molar-refractivity contribution in [2.75, 3.05) is 0 Å². The van der Waals surface area contributed by atoms with Crippen molar-refractivity contribution in [3.05, 3.63) is 12.2 Å². The predicted octanol–water partition coefficient (Wildman–Crippen LogP) is 1.38. The molecule has 2 rings (SSSR count). The van der Waals surface area contributed by atoms with Crippen molar-refractivity contribution in [1.82, 2.24) is 0 Å². The second kappa shape index (κ2) is 3.86. The van der Waals surface area contributed by atoms with E-state index < -0.39 is 17.9 Å². The lowest BCUT2D eigenvalue weighted by molar-refractivity contribution is -0.224. The summed E-state index contributed by atoms with van der Waals surface area (Å²) < 4.78 is 10.8. The van der Waals surface area contributed by atoms with Gasteiger partial charge in [-0.2, -0.15) is 0 Å². The fourth-order valence-electron chi connectivity index (χ4n) is 2.63. The van der Waals surface area contributed by atoms with Gasteiger partial charge in [-0.25, -0.2) is 4.79 Å². The summed E-state index contributed by atoms with van der Waals surface area (Å²) in [5.41, 5.74) is 0.345. The number of esters is 1. The van der Waals surface area contributed by atoms with Gasteiger partial charge in [0.2, 0.25) is 5.79 Å². The molecule has 0 aromatic rings. The van der Waals surface area contributed by atoms with Crippen LogP contribution in [-0.4, -0.2) is 29.1 Å². The van der Waals surface area contributed by atoms with Gasteiger partial charge in [-0.15, -0.1) is 0 Å². The lowest BCUT2D eigenvalue weighted by atomic mass is 9.97. The van der Waals surface area contributed by atoms with Gasteiger partial charge in [0.05, 0.1) is 6.10 Å². The van der Waals surface area contributed by atoms with E-state index in [-0.39, 0.29) is 12.0 Å². The molecule has 0 spiro atoms. The molecule has 4 atom stereocenters. The highest BCUT2D eigenvalue weighted by atomic mass is 16.7. The Morgan fingerprint density at radius 2 is 2.25 bits per heavy atom. The van der Waals surface area contributed by atoms with Crippen molar-refractivity contribution in [1.29, 1.82) is 0 Å². The molecule has 1 saturated heterocycles. The Morgan fingerprint density at radius 1 is 1.56 bits per heavy atom. The monoisotopic (exact) mass is 226 g/mol. The summed E-state index contributed by atoms with van der Waals surface area (Å²) in [6, 6.07) is 0. The number of carbonyl (C=O) groups excluding carboxylic acids is 1. The zero-order valence-corrected chi connectivity index (χ0v) is 9.73. The van der Waals surface area contributed by atoms with Crippen LogP contribution in [0.4, 0.5) is 0 Å². The van der Waals surface area contributed by atoms with E-state index in [0.717, 1.165) is 19.3 Å². The Balaban J connectivity index is 2.11. The first kappa shape index (κ1) is 11.6. The second-order valence-electron chi connectivity index (χ2n) is 4.91. The first-order valence-electron chi connectivity index (χ1n) is 5.68. The lowest BCUT2D eigenvalue weighted by Crippen LogP contribution is -2.41. The molecule has 0 bridgehead atoms. The van der Waals surface area contributed by atoms with Crippen LogP contribution >= 0.6 is 0 Å². The molecule has 2 fully saturated rings. The van der Waals surface area contributed by atoms with Crippen molar-refractivity contribution in [2.45, 2.75) is 51.1 Å². The van der Waals surface area contributed by atoms with Crippen LogP contribution in [0.3, 0.4) is 0 Å². The van der Waals surface area contributed by atoms with Crippen LogP contribution in [-0.2, 0) is 14.3 Å². The summed E-state index contributed by atoms with van der Waals surface area (Å²) in [5.74, 6) is -1.69. The third kappa shape index (κ3) is 1.87. The molecular formula is C12H18O4. The van der Waals surface area contributed by atoms with E-state index in [0.29, 0.717) is 5.57 Å². The molecule has 0 aromatic heterocycles. The Hall–Kier alpha value is -0.870. The standard InChI is InChI=1S/C12H18O4/c1-7(2)11(13)15-10-8-5-4-6-9(8)16-12(10,3)14/h8-10,14H,1,4-6H2,2-3H3. The molecule has 1 aliphatic carbocycles. The highest BCUT2D eigenvalue weighted by Gasteiger charge is 2.55. The summed E-state index contributed by atoms with van der Waals surface area (Å²) in [7, 11) is 0. The van der Waals surface area contributed by atoms with Crippen molar-refractivity contribution < 1.29 is 19.4 Å². The summed E-state index contributed by atoms with van der Waals surface area (Å²) >= 11 is 0. The van der Waals surface area contributed by atoms with Crippen LogP contribution in [0.1, 0.15) is 33.1 Å². The predicted molar refractivity (Wildman–Crippen MR) is 57.5 cm³/mol. The van der Waals surface area contributed by atoms with Gasteiger partial charge in [-0.1, -0.05) is 13.0 Å². The average molecular weight is 226 g/mol. The van der Waals surface area contributed by atoms with Gasteiger partial charge in [0.1, 0.15) is 0 Å². The molecule has 4 heteroatoms. The third-order valence-electron chi connectivity index (χ3n) is 3.39. The largest absolute Gasteiger partial charge is 0.453 e. The number of fused-ring (bicyclic) bond motifs is 1. The Bertz CT molecular complexity index is 321. The first-order valence-corrected chi connectivity index (χ1v) is 5.68. The molecule has 1 heterocycles. The molecule has 90 valence electrons. The van der Waals surface area contributed by atoms with Gasteiger partial charge in [0.15, 0.2) is 6.10 Å². The lowest BCUT2D eigenvalue weighted by Gasteiger charge is -2.26. The molecular weight excluding hydrogens is 208 g/mol. The fraction of sp³-hybridized carbons (Fsp3) is 0.750. The topological polar surface area (TPSA) is 55.8 Å². The number of aliphatic hydroxyl groups is 1. The number of hydrogen-bond donors (Lipinski definition) is 1. The van der Waals surface area contributed by atoms with E-state index in [4.69, 9.17) is 9.47 Å². The summed E-state index contributed by atoms with van der Waals surface area (Å²) in [4.78, 5) is 11.5. The van der Waals surface area contributed by atoms with Gasteiger partial charge in [0, 0.05) is 11.5 Å². The van der Waals surface area contributed by atoms with E-state index in [1.807, 2.05) is 0 Å². The zero-order chi connectivity index (χ0) is 11.9. The smallest absolute Gasteiger partial charge is 0.333 e. The molecule has 0 amide bonds. The molecule has 0 aromatic carbocycles. The quantitative estimate of drug-likeness (QED) is 0.571. The maximum atomic E-state index is 11.5. The van der Waals surface area contributed by atoms with Gasteiger partial charge in [0.25, 0.3) is 0 Å². The van der Waals surface area contributed by atoms with Crippen LogP contribution in [0.25, 0.3) is 0 Å². The average Bonchev–Trinajstić information content (AvgIpc) is 2.67. The van der Waals surface area contributed by atoms with Gasteiger partial charge >= 0.3 is 5.97 Å². The number of rotatable bonds is 2. The summed E-state index contributed by atoms with van der Waals surface area (Å²) in [5, 5.41) is 10.1. The van der Waals surface area contributed by atoms with Crippen molar-refractivity contribution >= 4 is 5.97 Å². The maximum absolute atomic E-state index is 11.5. The van der Waals surface area contributed by atoms with E-state index in [1.54, 1.807) is 13.8 Å².